The summed E-state index contributed by atoms with van der Waals surface area (Å²) in [6.45, 7) is 4.90. The zero-order valence-electron chi connectivity index (χ0n) is 12.6. The second kappa shape index (κ2) is 6.43. The molecule has 2 heterocycles. The zero-order chi connectivity index (χ0) is 15.6. The van der Waals surface area contributed by atoms with Gasteiger partial charge in [0.15, 0.2) is 0 Å². The van der Waals surface area contributed by atoms with Crippen LogP contribution < -0.4 is 0 Å². The van der Waals surface area contributed by atoms with Gasteiger partial charge in [-0.15, -0.1) is 11.3 Å². The summed E-state index contributed by atoms with van der Waals surface area (Å²) in [4.78, 5) is 32.3. The first kappa shape index (κ1) is 15.8. The van der Waals surface area contributed by atoms with E-state index in [1.807, 2.05) is 13.8 Å². The molecule has 1 N–H and O–H groups in total. The number of nitrogens with zero attached hydrogens (tertiary/aromatic N) is 3. The maximum Gasteiger partial charge on any atom is 0.320 e. The number of carbonyl (C=O) groups excluding carboxylic acids is 1. The topological polar surface area (TPSA) is 73.7 Å². The van der Waals surface area contributed by atoms with Crippen LogP contribution in [0.3, 0.4) is 0 Å². The normalized spacial score (nSPS) is 22.1. The Bertz CT molecular complexity index is 531. The molecule has 0 spiro atoms. The SMILES string of the molecule is Cc1ncsc1CN(C)C(=O)N1CCC(C(=O)O)CC1C. The van der Waals surface area contributed by atoms with Crippen LogP contribution in [-0.4, -0.2) is 51.5 Å². The Morgan fingerprint density at radius 1 is 1.57 bits per heavy atom. The van der Waals surface area contributed by atoms with Crippen molar-refractivity contribution in [2.45, 2.75) is 39.3 Å². The molecular weight excluding hydrogens is 290 g/mol. The molecule has 0 aliphatic carbocycles. The van der Waals surface area contributed by atoms with Crippen molar-refractivity contribution in [3.63, 3.8) is 0 Å². The number of piperidine rings is 1. The Balaban J connectivity index is 1.97. The molecule has 7 heteroatoms. The van der Waals surface area contributed by atoms with Crippen LogP contribution in [0, 0.1) is 12.8 Å². The minimum atomic E-state index is -0.761. The first-order chi connectivity index (χ1) is 9.90. The molecule has 1 saturated heterocycles. The lowest BCUT2D eigenvalue weighted by Crippen LogP contribution is -2.50. The van der Waals surface area contributed by atoms with Gasteiger partial charge in [0.05, 0.1) is 23.7 Å². The second-order valence-corrected chi connectivity index (χ2v) is 6.54. The highest BCUT2D eigenvalue weighted by Gasteiger charge is 2.33. The van der Waals surface area contributed by atoms with Crippen LogP contribution in [0.25, 0.3) is 0 Å². The van der Waals surface area contributed by atoms with Crippen molar-refractivity contribution in [3.8, 4) is 0 Å². The van der Waals surface area contributed by atoms with E-state index < -0.39 is 5.97 Å². The van der Waals surface area contributed by atoms with Gasteiger partial charge in [0.2, 0.25) is 0 Å². The van der Waals surface area contributed by atoms with Gasteiger partial charge in [0.1, 0.15) is 0 Å². The Kier molecular flexibility index (Phi) is 4.82. The second-order valence-electron chi connectivity index (χ2n) is 5.60. The van der Waals surface area contributed by atoms with Gasteiger partial charge in [0, 0.05) is 24.5 Å². The predicted octanol–water partition coefficient (Wildman–Crippen LogP) is 2.19. The molecule has 1 fully saturated rings. The molecule has 0 radical (unpaired) electrons. The van der Waals surface area contributed by atoms with Crippen LogP contribution >= 0.6 is 11.3 Å². The van der Waals surface area contributed by atoms with Gasteiger partial charge in [-0.05, 0) is 26.7 Å². The van der Waals surface area contributed by atoms with Crippen molar-refractivity contribution >= 4 is 23.3 Å². The van der Waals surface area contributed by atoms with Gasteiger partial charge < -0.3 is 14.9 Å². The number of aromatic nitrogens is 1. The number of hydrogen-bond acceptors (Lipinski definition) is 4. The minimum absolute atomic E-state index is 0.0425. The number of likely N-dealkylation sites (tertiary alicyclic amines) is 1. The zero-order valence-corrected chi connectivity index (χ0v) is 13.4. The molecule has 1 aromatic rings. The Labute approximate surface area is 128 Å². The Morgan fingerprint density at radius 3 is 2.81 bits per heavy atom. The molecule has 2 unspecified atom stereocenters. The van der Waals surface area contributed by atoms with Crippen LogP contribution in [0.15, 0.2) is 5.51 Å². The molecule has 1 aromatic heterocycles. The van der Waals surface area contributed by atoms with Crippen LogP contribution in [0.1, 0.15) is 30.3 Å². The van der Waals surface area contributed by atoms with E-state index in [2.05, 4.69) is 4.98 Å². The number of aliphatic carboxylic acids is 1. The smallest absolute Gasteiger partial charge is 0.320 e. The highest BCUT2D eigenvalue weighted by Crippen LogP contribution is 2.24. The fourth-order valence-corrected chi connectivity index (χ4v) is 3.49. The van der Waals surface area contributed by atoms with Crippen LogP contribution in [0.5, 0.6) is 0 Å². The maximum atomic E-state index is 12.5. The average Bonchev–Trinajstić information content (AvgIpc) is 2.83. The van der Waals surface area contributed by atoms with Crippen molar-refractivity contribution in [1.29, 1.82) is 0 Å². The van der Waals surface area contributed by atoms with E-state index in [0.29, 0.717) is 25.9 Å². The number of urea groups is 1. The molecule has 1 aliphatic rings. The Morgan fingerprint density at radius 2 is 2.29 bits per heavy atom. The lowest BCUT2D eigenvalue weighted by Gasteiger charge is -2.38. The maximum absolute atomic E-state index is 12.5. The van der Waals surface area contributed by atoms with Gasteiger partial charge in [-0.1, -0.05) is 0 Å². The van der Waals surface area contributed by atoms with Crippen LogP contribution in [-0.2, 0) is 11.3 Å². The van der Waals surface area contributed by atoms with E-state index in [9.17, 15) is 9.59 Å². The highest BCUT2D eigenvalue weighted by molar-refractivity contribution is 7.09. The summed E-state index contributed by atoms with van der Waals surface area (Å²) in [5, 5.41) is 9.07. The van der Waals surface area contributed by atoms with Crippen molar-refractivity contribution in [2.24, 2.45) is 5.92 Å². The van der Waals surface area contributed by atoms with E-state index >= 15 is 0 Å². The molecule has 116 valence electrons. The summed E-state index contributed by atoms with van der Waals surface area (Å²) in [7, 11) is 1.78. The largest absolute Gasteiger partial charge is 0.481 e. The lowest BCUT2D eigenvalue weighted by molar-refractivity contribution is -0.143. The summed E-state index contributed by atoms with van der Waals surface area (Å²) in [6.07, 6.45) is 1.05. The lowest BCUT2D eigenvalue weighted by atomic mass is 9.92. The summed E-state index contributed by atoms with van der Waals surface area (Å²) in [5.41, 5.74) is 2.74. The molecule has 0 bridgehead atoms. The highest BCUT2D eigenvalue weighted by atomic mass is 32.1. The van der Waals surface area contributed by atoms with Crippen molar-refractivity contribution in [3.05, 3.63) is 16.1 Å². The number of aryl methyl sites for hydroxylation is 1. The standard InChI is InChI=1S/C14H21N3O3S/c1-9-6-11(13(18)19)4-5-17(9)14(20)16(3)7-12-10(2)15-8-21-12/h8-9,11H,4-7H2,1-3H3,(H,18,19). The molecule has 1 aliphatic heterocycles. The van der Waals surface area contributed by atoms with Gasteiger partial charge in [-0.25, -0.2) is 9.78 Å². The monoisotopic (exact) mass is 311 g/mol. The number of thiazole rings is 1. The molecule has 2 atom stereocenters. The fourth-order valence-electron chi connectivity index (χ4n) is 2.66. The quantitative estimate of drug-likeness (QED) is 0.928. The van der Waals surface area contributed by atoms with Crippen molar-refractivity contribution in [2.75, 3.05) is 13.6 Å². The number of carboxylic acid groups (broad SMARTS) is 1. The van der Waals surface area contributed by atoms with E-state index in [4.69, 9.17) is 5.11 Å². The minimum Gasteiger partial charge on any atom is -0.481 e. The third kappa shape index (κ3) is 3.53. The molecule has 2 rings (SSSR count). The van der Waals surface area contributed by atoms with E-state index in [1.165, 1.54) is 0 Å². The third-order valence-electron chi connectivity index (χ3n) is 4.02. The molecule has 2 amide bonds. The first-order valence-electron chi connectivity index (χ1n) is 7.03. The Hall–Kier alpha value is -1.63. The predicted molar refractivity (Wildman–Crippen MR) is 80.2 cm³/mol. The number of carboxylic acids is 1. The summed E-state index contributed by atoms with van der Waals surface area (Å²) in [5.74, 6) is -1.10. The molecular formula is C14H21N3O3S. The molecule has 21 heavy (non-hydrogen) atoms. The van der Waals surface area contributed by atoms with Crippen molar-refractivity contribution in [1.82, 2.24) is 14.8 Å². The number of amides is 2. The molecule has 6 nitrogen and oxygen atoms in total. The van der Waals surface area contributed by atoms with Crippen molar-refractivity contribution < 1.29 is 14.7 Å². The van der Waals surface area contributed by atoms with Gasteiger partial charge in [-0.3, -0.25) is 4.79 Å². The van der Waals surface area contributed by atoms with Gasteiger partial charge >= 0.3 is 12.0 Å². The average molecular weight is 311 g/mol. The van der Waals surface area contributed by atoms with E-state index in [1.54, 1.807) is 33.7 Å². The summed E-state index contributed by atoms with van der Waals surface area (Å²) < 4.78 is 0. The van der Waals surface area contributed by atoms with Gasteiger partial charge in [-0.2, -0.15) is 0 Å². The summed E-state index contributed by atoms with van der Waals surface area (Å²) >= 11 is 1.55. The fraction of sp³-hybridized carbons (Fsp3) is 0.643. The van der Waals surface area contributed by atoms with Gasteiger partial charge in [0.25, 0.3) is 0 Å². The molecule has 0 saturated carbocycles. The molecule has 0 aromatic carbocycles. The number of carbonyl (C=O) groups is 2. The summed E-state index contributed by atoms with van der Waals surface area (Å²) in [6, 6.07) is -0.0866. The first-order valence-corrected chi connectivity index (χ1v) is 7.91. The number of rotatable bonds is 3. The van der Waals surface area contributed by atoms with E-state index in [-0.39, 0.29) is 18.0 Å². The third-order valence-corrected chi connectivity index (χ3v) is 4.94. The van der Waals surface area contributed by atoms with Crippen LogP contribution in [0.4, 0.5) is 4.79 Å². The van der Waals surface area contributed by atoms with Crippen LogP contribution in [0.2, 0.25) is 0 Å². The van der Waals surface area contributed by atoms with E-state index in [0.717, 1.165) is 10.6 Å². The number of hydrogen-bond donors (Lipinski definition) is 1.